The predicted molar refractivity (Wildman–Crippen MR) is 124 cm³/mol. The van der Waals surface area contributed by atoms with Crippen molar-refractivity contribution in [2.45, 2.75) is 19.4 Å². The molecule has 2 aromatic carbocycles. The second-order valence-electron chi connectivity index (χ2n) is 7.45. The molecule has 0 bridgehead atoms. The number of urea groups is 1. The molecule has 0 radical (unpaired) electrons. The topological polar surface area (TPSA) is 73.9 Å². The number of nitrogens with zero attached hydrogens (tertiary/aromatic N) is 2. The fourth-order valence-electron chi connectivity index (χ4n) is 3.66. The third-order valence-electron chi connectivity index (χ3n) is 5.44. The van der Waals surface area contributed by atoms with Gasteiger partial charge in [0.2, 0.25) is 0 Å². The summed E-state index contributed by atoms with van der Waals surface area (Å²) in [6.07, 6.45) is 0.338. The molecule has 0 aromatic heterocycles. The summed E-state index contributed by atoms with van der Waals surface area (Å²) in [7, 11) is 1.30. The van der Waals surface area contributed by atoms with Gasteiger partial charge in [0.1, 0.15) is 6.04 Å². The first-order valence-corrected chi connectivity index (χ1v) is 10.8. The summed E-state index contributed by atoms with van der Waals surface area (Å²) in [4.78, 5) is 29.3. The molecule has 8 heteroatoms. The van der Waals surface area contributed by atoms with Gasteiger partial charge in [-0.3, -0.25) is 0 Å². The van der Waals surface area contributed by atoms with E-state index in [-0.39, 0.29) is 0 Å². The first-order chi connectivity index (χ1) is 15.0. The van der Waals surface area contributed by atoms with Crippen molar-refractivity contribution in [3.8, 4) is 0 Å². The lowest BCUT2D eigenvalue weighted by Crippen LogP contribution is -2.46. The Labute approximate surface area is 188 Å². The van der Waals surface area contributed by atoms with Gasteiger partial charge < -0.3 is 25.2 Å². The van der Waals surface area contributed by atoms with Crippen molar-refractivity contribution in [3.63, 3.8) is 0 Å². The predicted octanol–water partition coefficient (Wildman–Crippen LogP) is 3.39. The van der Waals surface area contributed by atoms with E-state index in [4.69, 9.17) is 16.3 Å². The van der Waals surface area contributed by atoms with Gasteiger partial charge in [-0.25, -0.2) is 9.59 Å². The van der Waals surface area contributed by atoms with Crippen molar-refractivity contribution in [3.05, 3.63) is 59.1 Å². The molecule has 1 unspecified atom stereocenters. The van der Waals surface area contributed by atoms with Gasteiger partial charge in [-0.1, -0.05) is 48.9 Å². The minimum atomic E-state index is -0.794. The SMILES string of the molecule is CCN1CCN(c2ccc(NC(=O)NC(Cc3ccccc3)C(=O)OC)cc2Cl)CC1. The van der Waals surface area contributed by atoms with Gasteiger partial charge in [0.05, 0.1) is 17.8 Å². The molecule has 1 atom stereocenters. The van der Waals surface area contributed by atoms with E-state index < -0.39 is 18.0 Å². The normalized spacial score (nSPS) is 15.3. The van der Waals surface area contributed by atoms with E-state index in [9.17, 15) is 9.59 Å². The lowest BCUT2D eigenvalue weighted by molar-refractivity contribution is -0.142. The van der Waals surface area contributed by atoms with E-state index in [1.165, 1.54) is 7.11 Å². The minimum Gasteiger partial charge on any atom is -0.467 e. The van der Waals surface area contributed by atoms with Gasteiger partial charge in [0, 0.05) is 38.3 Å². The van der Waals surface area contributed by atoms with Crippen LogP contribution >= 0.6 is 11.6 Å². The number of piperazine rings is 1. The fraction of sp³-hybridized carbons (Fsp3) is 0.391. The van der Waals surface area contributed by atoms with Crippen LogP contribution in [0.1, 0.15) is 12.5 Å². The largest absolute Gasteiger partial charge is 0.467 e. The molecular weight excluding hydrogens is 416 g/mol. The fourth-order valence-corrected chi connectivity index (χ4v) is 3.96. The maximum Gasteiger partial charge on any atom is 0.328 e. The second kappa shape index (κ2) is 11.0. The second-order valence-corrected chi connectivity index (χ2v) is 7.86. The molecule has 31 heavy (non-hydrogen) atoms. The number of methoxy groups -OCH3 is 1. The summed E-state index contributed by atoms with van der Waals surface area (Å²) in [6.45, 7) is 7.06. The van der Waals surface area contributed by atoms with Crippen molar-refractivity contribution in [2.75, 3.05) is 50.1 Å². The number of ether oxygens (including phenoxy) is 1. The number of likely N-dealkylation sites (N-methyl/N-ethyl adjacent to an activating group) is 1. The molecule has 0 spiro atoms. The summed E-state index contributed by atoms with van der Waals surface area (Å²) in [5.41, 5.74) is 2.44. The molecular formula is C23H29ClN4O3. The Hall–Kier alpha value is -2.77. The van der Waals surface area contributed by atoms with E-state index in [2.05, 4.69) is 27.4 Å². The molecule has 3 rings (SSSR count). The number of rotatable bonds is 7. The molecule has 1 heterocycles. The van der Waals surface area contributed by atoms with Crippen LogP contribution in [0.25, 0.3) is 0 Å². The van der Waals surface area contributed by atoms with Crippen molar-refractivity contribution in [2.24, 2.45) is 0 Å². The van der Waals surface area contributed by atoms with E-state index >= 15 is 0 Å². The number of carbonyl (C=O) groups is 2. The van der Waals surface area contributed by atoms with Crippen LogP contribution in [0, 0.1) is 0 Å². The zero-order chi connectivity index (χ0) is 22.2. The van der Waals surface area contributed by atoms with Crippen LogP contribution < -0.4 is 15.5 Å². The summed E-state index contributed by atoms with van der Waals surface area (Å²) >= 11 is 6.50. The standard InChI is InChI=1S/C23H29ClN4O3/c1-3-27-11-13-28(14-12-27)21-10-9-18(16-19(21)24)25-23(30)26-20(22(29)31-2)15-17-7-5-4-6-8-17/h4-10,16,20H,3,11-15H2,1-2H3,(H2,25,26,30). The van der Waals surface area contributed by atoms with Crippen LogP contribution in [0.4, 0.5) is 16.2 Å². The highest BCUT2D eigenvalue weighted by molar-refractivity contribution is 6.33. The van der Waals surface area contributed by atoms with Crippen LogP contribution in [0.5, 0.6) is 0 Å². The first kappa shape index (κ1) is 22.9. The summed E-state index contributed by atoms with van der Waals surface area (Å²) < 4.78 is 4.84. The quantitative estimate of drug-likeness (QED) is 0.640. The van der Waals surface area contributed by atoms with Gasteiger partial charge in [-0.15, -0.1) is 0 Å². The molecule has 1 aliphatic rings. The zero-order valence-corrected chi connectivity index (χ0v) is 18.7. The van der Waals surface area contributed by atoms with E-state index in [0.717, 1.165) is 44.0 Å². The number of nitrogens with one attached hydrogen (secondary N) is 2. The van der Waals surface area contributed by atoms with E-state index in [1.54, 1.807) is 6.07 Å². The monoisotopic (exact) mass is 444 g/mol. The highest BCUT2D eigenvalue weighted by atomic mass is 35.5. The number of esters is 1. The number of amides is 2. The zero-order valence-electron chi connectivity index (χ0n) is 17.9. The van der Waals surface area contributed by atoms with Gasteiger partial charge in [0.15, 0.2) is 0 Å². The molecule has 0 saturated carbocycles. The average Bonchev–Trinajstić information content (AvgIpc) is 2.79. The van der Waals surface area contributed by atoms with Crippen LogP contribution in [0.15, 0.2) is 48.5 Å². The molecule has 2 N–H and O–H groups in total. The Kier molecular flexibility index (Phi) is 8.14. The lowest BCUT2D eigenvalue weighted by atomic mass is 10.1. The molecule has 1 saturated heterocycles. The van der Waals surface area contributed by atoms with Crippen molar-refractivity contribution >= 4 is 35.0 Å². The Morgan fingerprint density at radius 2 is 1.81 bits per heavy atom. The molecule has 2 amide bonds. The van der Waals surface area contributed by atoms with Gasteiger partial charge >= 0.3 is 12.0 Å². The highest BCUT2D eigenvalue weighted by Crippen LogP contribution is 2.29. The molecule has 0 aliphatic carbocycles. The van der Waals surface area contributed by atoms with Crippen LogP contribution in [0.2, 0.25) is 5.02 Å². The Balaban J connectivity index is 1.61. The van der Waals surface area contributed by atoms with Gasteiger partial charge in [0.25, 0.3) is 0 Å². The molecule has 7 nitrogen and oxygen atoms in total. The third kappa shape index (κ3) is 6.35. The summed E-state index contributed by atoms with van der Waals surface area (Å²) in [5.74, 6) is -0.501. The molecule has 1 fully saturated rings. The maximum absolute atomic E-state index is 12.5. The Bertz CT molecular complexity index is 886. The van der Waals surface area contributed by atoms with Crippen LogP contribution in [-0.2, 0) is 16.0 Å². The Morgan fingerprint density at radius 1 is 1.10 bits per heavy atom. The number of carbonyl (C=O) groups excluding carboxylic acids is 2. The summed E-state index contributed by atoms with van der Waals surface area (Å²) in [6, 6.07) is 13.6. The lowest BCUT2D eigenvalue weighted by Gasteiger charge is -2.36. The third-order valence-corrected chi connectivity index (χ3v) is 5.74. The van der Waals surface area contributed by atoms with E-state index in [0.29, 0.717) is 17.1 Å². The molecule has 166 valence electrons. The molecule has 2 aromatic rings. The number of hydrogen-bond donors (Lipinski definition) is 2. The first-order valence-electron chi connectivity index (χ1n) is 10.5. The van der Waals surface area contributed by atoms with Crippen molar-refractivity contribution in [1.82, 2.24) is 10.2 Å². The van der Waals surface area contributed by atoms with Crippen LogP contribution in [0.3, 0.4) is 0 Å². The number of benzene rings is 2. The Morgan fingerprint density at radius 3 is 2.42 bits per heavy atom. The van der Waals surface area contributed by atoms with Gasteiger partial charge in [-0.05, 0) is 30.3 Å². The smallest absolute Gasteiger partial charge is 0.328 e. The van der Waals surface area contributed by atoms with Crippen LogP contribution in [-0.4, -0.2) is 62.8 Å². The van der Waals surface area contributed by atoms with Gasteiger partial charge in [-0.2, -0.15) is 0 Å². The minimum absolute atomic E-state index is 0.338. The highest BCUT2D eigenvalue weighted by Gasteiger charge is 2.22. The average molecular weight is 445 g/mol. The van der Waals surface area contributed by atoms with Crippen molar-refractivity contribution < 1.29 is 14.3 Å². The van der Waals surface area contributed by atoms with E-state index in [1.807, 2.05) is 42.5 Å². The number of halogens is 1. The number of hydrogen-bond acceptors (Lipinski definition) is 5. The van der Waals surface area contributed by atoms with Crippen molar-refractivity contribution in [1.29, 1.82) is 0 Å². The molecule has 1 aliphatic heterocycles. The number of anilines is 2. The summed E-state index contributed by atoms with van der Waals surface area (Å²) in [5, 5.41) is 6.03. The maximum atomic E-state index is 12.5.